The fourth-order valence-electron chi connectivity index (χ4n) is 1.42. The van der Waals surface area contributed by atoms with Crippen LogP contribution in [0, 0.1) is 10.1 Å². The van der Waals surface area contributed by atoms with Crippen molar-refractivity contribution in [3.8, 4) is 5.75 Å². The molecule has 104 valence electrons. The van der Waals surface area contributed by atoms with Crippen LogP contribution in [0.15, 0.2) is 18.2 Å². The molecule has 1 rings (SSSR count). The smallest absolute Gasteiger partial charge is 0.344 e. The molecule has 0 unspecified atom stereocenters. The van der Waals surface area contributed by atoms with Gasteiger partial charge in [0.25, 0.3) is 5.69 Å². The van der Waals surface area contributed by atoms with Crippen molar-refractivity contribution in [1.82, 2.24) is 0 Å². The predicted molar refractivity (Wildman–Crippen MR) is 73.0 cm³/mol. The molecule has 0 atom stereocenters. The third-order valence-corrected chi connectivity index (χ3v) is 2.93. The second-order valence-corrected chi connectivity index (χ2v) is 4.47. The SMILES string of the molecule is COC(=O)c1ccc(OCCCCBr)cc1[N+](=O)[O-]. The van der Waals surface area contributed by atoms with Gasteiger partial charge in [-0.05, 0) is 25.0 Å². The molecule has 0 aliphatic heterocycles. The molecule has 0 N–H and O–H groups in total. The summed E-state index contributed by atoms with van der Waals surface area (Å²) in [7, 11) is 1.18. The van der Waals surface area contributed by atoms with Crippen LogP contribution in [0.25, 0.3) is 0 Å². The zero-order valence-electron chi connectivity index (χ0n) is 10.4. The second-order valence-electron chi connectivity index (χ2n) is 3.67. The van der Waals surface area contributed by atoms with Crippen LogP contribution in [0.1, 0.15) is 23.2 Å². The molecule has 0 saturated heterocycles. The predicted octanol–water partition coefficient (Wildman–Crippen LogP) is 2.94. The number of rotatable bonds is 7. The Bertz CT molecular complexity index is 463. The van der Waals surface area contributed by atoms with Gasteiger partial charge >= 0.3 is 5.97 Å². The first kappa shape index (κ1) is 15.4. The number of nitro benzene ring substituents is 1. The van der Waals surface area contributed by atoms with Crippen LogP contribution in [-0.4, -0.2) is 29.9 Å². The molecule has 0 heterocycles. The molecular weight excluding hydrogens is 318 g/mol. The summed E-state index contributed by atoms with van der Waals surface area (Å²) in [5, 5.41) is 11.8. The molecule has 0 aliphatic rings. The van der Waals surface area contributed by atoms with Gasteiger partial charge in [-0.3, -0.25) is 10.1 Å². The van der Waals surface area contributed by atoms with E-state index in [0.717, 1.165) is 18.2 Å². The van der Waals surface area contributed by atoms with E-state index in [1.165, 1.54) is 25.3 Å². The van der Waals surface area contributed by atoms with Crippen LogP contribution in [0.3, 0.4) is 0 Å². The van der Waals surface area contributed by atoms with Gasteiger partial charge in [0.1, 0.15) is 11.3 Å². The molecule has 0 radical (unpaired) electrons. The minimum Gasteiger partial charge on any atom is -0.493 e. The second kappa shape index (κ2) is 7.73. The minimum atomic E-state index is -0.738. The molecule has 19 heavy (non-hydrogen) atoms. The Morgan fingerprint density at radius 1 is 1.42 bits per heavy atom. The number of ether oxygens (including phenoxy) is 2. The highest BCUT2D eigenvalue weighted by Crippen LogP contribution is 2.25. The average molecular weight is 332 g/mol. The quantitative estimate of drug-likeness (QED) is 0.252. The Morgan fingerprint density at radius 2 is 2.16 bits per heavy atom. The van der Waals surface area contributed by atoms with Crippen LogP contribution in [-0.2, 0) is 4.74 Å². The number of halogens is 1. The van der Waals surface area contributed by atoms with E-state index in [4.69, 9.17) is 4.74 Å². The summed E-state index contributed by atoms with van der Waals surface area (Å²) in [6.07, 6.45) is 1.81. The molecule has 0 aliphatic carbocycles. The van der Waals surface area contributed by atoms with Gasteiger partial charge < -0.3 is 9.47 Å². The van der Waals surface area contributed by atoms with Crippen molar-refractivity contribution in [3.05, 3.63) is 33.9 Å². The van der Waals surface area contributed by atoms with Crippen LogP contribution in [0.2, 0.25) is 0 Å². The topological polar surface area (TPSA) is 78.7 Å². The summed E-state index contributed by atoms with van der Waals surface area (Å²) in [5.41, 5.74) is -0.398. The summed E-state index contributed by atoms with van der Waals surface area (Å²) in [6, 6.07) is 4.09. The summed E-state index contributed by atoms with van der Waals surface area (Å²) >= 11 is 3.30. The van der Waals surface area contributed by atoms with E-state index in [2.05, 4.69) is 20.7 Å². The van der Waals surface area contributed by atoms with Crippen molar-refractivity contribution in [2.75, 3.05) is 19.0 Å². The number of hydrogen-bond acceptors (Lipinski definition) is 5. The Labute approximate surface area is 119 Å². The average Bonchev–Trinajstić information content (AvgIpc) is 2.42. The Kier molecular flexibility index (Phi) is 6.27. The van der Waals surface area contributed by atoms with Crippen molar-refractivity contribution >= 4 is 27.6 Å². The number of benzene rings is 1. The van der Waals surface area contributed by atoms with E-state index in [-0.39, 0.29) is 11.3 Å². The van der Waals surface area contributed by atoms with E-state index in [1.54, 1.807) is 0 Å². The van der Waals surface area contributed by atoms with Crippen molar-refractivity contribution in [2.24, 2.45) is 0 Å². The van der Waals surface area contributed by atoms with Gasteiger partial charge in [0, 0.05) is 5.33 Å². The largest absolute Gasteiger partial charge is 0.493 e. The monoisotopic (exact) mass is 331 g/mol. The summed E-state index contributed by atoms with van der Waals surface area (Å²) < 4.78 is 9.88. The van der Waals surface area contributed by atoms with Crippen LogP contribution in [0.5, 0.6) is 5.75 Å². The minimum absolute atomic E-state index is 0.0830. The number of nitrogens with zero attached hydrogens (tertiary/aromatic N) is 1. The number of hydrogen-bond donors (Lipinski definition) is 0. The standard InChI is InChI=1S/C12H14BrNO5/c1-18-12(15)10-5-4-9(8-11(10)14(16)17)19-7-3-2-6-13/h4-5,8H,2-3,6-7H2,1H3. The number of nitro groups is 1. The molecule has 0 saturated carbocycles. The number of unbranched alkanes of at least 4 members (excludes halogenated alkanes) is 1. The third kappa shape index (κ3) is 4.51. The number of carbonyl (C=O) groups is 1. The Hall–Kier alpha value is -1.63. The fraction of sp³-hybridized carbons (Fsp3) is 0.417. The zero-order chi connectivity index (χ0) is 14.3. The lowest BCUT2D eigenvalue weighted by molar-refractivity contribution is -0.385. The molecule has 0 spiro atoms. The number of alkyl halides is 1. The molecule has 0 bridgehead atoms. The lowest BCUT2D eigenvalue weighted by Crippen LogP contribution is -2.06. The lowest BCUT2D eigenvalue weighted by Gasteiger charge is -2.07. The normalized spacial score (nSPS) is 10.0. The zero-order valence-corrected chi connectivity index (χ0v) is 12.0. The van der Waals surface area contributed by atoms with E-state index < -0.39 is 10.9 Å². The lowest BCUT2D eigenvalue weighted by atomic mass is 10.1. The molecule has 0 fully saturated rings. The molecule has 1 aromatic rings. The maximum absolute atomic E-state index is 11.4. The summed E-state index contributed by atoms with van der Waals surface area (Å²) in [6.45, 7) is 0.473. The van der Waals surface area contributed by atoms with Gasteiger partial charge in [-0.15, -0.1) is 0 Å². The van der Waals surface area contributed by atoms with Gasteiger partial charge in [-0.25, -0.2) is 4.79 Å². The van der Waals surface area contributed by atoms with E-state index in [1.807, 2.05) is 0 Å². The van der Waals surface area contributed by atoms with E-state index in [9.17, 15) is 14.9 Å². The van der Waals surface area contributed by atoms with Crippen molar-refractivity contribution in [1.29, 1.82) is 0 Å². The first-order chi connectivity index (χ1) is 9.10. The summed E-state index contributed by atoms with van der Waals surface area (Å²) in [4.78, 5) is 21.7. The summed E-state index contributed by atoms with van der Waals surface area (Å²) in [5.74, 6) is -0.369. The van der Waals surface area contributed by atoms with Gasteiger partial charge in [-0.2, -0.15) is 0 Å². The van der Waals surface area contributed by atoms with Gasteiger partial charge in [0.2, 0.25) is 0 Å². The Balaban J connectivity index is 2.84. The molecule has 0 aromatic heterocycles. The van der Waals surface area contributed by atoms with Crippen LogP contribution >= 0.6 is 15.9 Å². The first-order valence-corrected chi connectivity index (χ1v) is 6.77. The van der Waals surface area contributed by atoms with Gasteiger partial charge in [0.15, 0.2) is 0 Å². The maximum Gasteiger partial charge on any atom is 0.344 e. The van der Waals surface area contributed by atoms with Gasteiger partial charge in [0.05, 0.1) is 24.7 Å². The van der Waals surface area contributed by atoms with E-state index >= 15 is 0 Å². The molecular formula is C12H14BrNO5. The maximum atomic E-state index is 11.4. The van der Waals surface area contributed by atoms with Crippen LogP contribution in [0.4, 0.5) is 5.69 Å². The third-order valence-electron chi connectivity index (χ3n) is 2.37. The number of carbonyl (C=O) groups excluding carboxylic acids is 1. The van der Waals surface area contributed by atoms with E-state index in [0.29, 0.717) is 12.4 Å². The molecule has 1 aromatic carbocycles. The first-order valence-electron chi connectivity index (χ1n) is 5.65. The number of esters is 1. The van der Waals surface area contributed by atoms with Gasteiger partial charge in [-0.1, -0.05) is 15.9 Å². The molecule has 0 amide bonds. The highest BCUT2D eigenvalue weighted by Gasteiger charge is 2.21. The molecule has 7 heteroatoms. The number of methoxy groups -OCH3 is 1. The molecule has 6 nitrogen and oxygen atoms in total. The van der Waals surface area contributed by atoms with Crippen molar-refractivity contribution in [2.45, 2.75) is 12.8 Å². The highest BCUT2D eigenvalue weighted by atomic mass is 79.9. The van der Waals surface area contributed by atoms with Crippen molar-refractivity contribution in [3.63, 3.8) is 0 Å². The fourth-order valence-corrected chi connectivity index (χ4v) is 1.82. The Morgan fingerprint density at radius 3 is 2.74 bits per heavy atom. The highest BCUT2D eigenvalue weighted by molar-refractivity contribution is 9.09. The van der Waals surface area contributed by atoms with Crippen LogP contribution < -0.4 is 4.74 Å². The van der Waals surface area contributed by atoms with Crippen molar-refractivity contribution < 1.29 is 19.2 Å².